The van der Waals surface area contributed by atoms with Crippen molar-refractivity contribution in [3.05, 3.63) is 34.6 Å². The zero-order valence-corrected chi connectivity index (χ0v) is 14.4. The average molecular weight is 334 g/mol. The van der Waals surface area contributed by atoms with Crippen molar-refractivity contribution in [2.75, 3.05) is 13.1 Å². The number of benzene rings is 1. The summed E-state index contributed by atoms with van der Waals surface area (Å²) in [6.45, 7) is 4.84. The molecule has 0 unspecified atom stereocenters. The van der Waals surface area contributed by atoms with Crippen LogP contribution in [0.15, 0.2) is 12.1 Å². The summed E-state index contributed by atoms with van der Waals surface area (Å²) in [7, 11) is 0. The molecule has 0 aromatic heterocycles. The van der Waals surface area contributed by atoms with E-state index < -0.39 is 5.91 Å². The average Bonchev–Trinajstić information content (AvgIpc) is 2.62. The molecule has 4 nitrogen and oxygen atoms in total. The van der Waals surface area contributed by atoms with Gasteiger partial charge < -0.3 is 0 Å². The zero-order chi connectivity index (χ0) is 17.2. The van der Waals surface area contributed by atoms with Crippen LogP contribution >= 0.6 is 0 Å². The highest BCUT2D eigenvalue weighted by atomic mass is 19.1. The van der Waals surface area contributed by atoms with Crippen LogP contribution in [-0.2, 0) is 13.0 Å². The molecule has 2 N–H and O–H groups in total. The zero-order valence-electron chi connectivity index (χ0n) is 14.4. The number of hydrogen-bond donors (Lipinski definition) is 2. The molecule has 1 heterocycles. The summed E-state index contributed by atoms with van der Waals surface area (Å²) >= 11 is 0. The van der Waals surface area contributed by atoms with Gasteiger partial charge in [-0.3, -0.25) is 14.9 Å². The molecular weight excluding hydrogens is 307 g/mol. The first kappa shape index (κ1) is 17.4. The summed E-state index contributed by atoms with van der Waals surface area (Å²) in [5.74, 6) is -1.00. The van der Waals surface area contributed by atoms with Gasteiger partial charge in [0.15, 0.2) is 0 Å². The largest absolute Gasteiger partial charge is 0.298 e. The van der Waals surface area contributed by atoms with Crippen molar-refractivity contribution in [2.24, 2.45) is 5.41 Å². The highest BCUT2D eigenvalue weighted by molar-refractivity contribution is 5.93. The maximum atomic E-state index is 14.5. The van der Waals surface area contributed by atoms with Gasteiger partial charge in [0.25, 0.3) is 5.91 Å². The van der Waals surface area contributed by atoms with Crippen LogP contribution in [0.1, 0.15) is 66.9 Å². The number of hydroxylamine groups is 1. The molecule has 2 aliphatic rings. The topological polar surface area (TPSA) is 52.6 Å². The van der Waals surface area contributed by atoms with Crippen LogP contribution in [0.4, 0.5) is 4.39 Å². The molecule has 5 heteroatoms. The molecule has 0 radical (unpaired) electrons. The van der Waals surface area contributed by atoms with Gasteiger partial charge in [-0.25, -0.2) is 9.87 Å². The molecule has 1 aliphatic heterocycles. The summed E-state index contributed by atoms with van der Waals surface area (Å²) in [4.78, 5) is 13.9. The lowest BCUT2D eigenvalue weighted by atomic mass is 9.71. The van der Waals surface area contributed by atoms with E-state index in [0.717, 1.165) is 25.1 Å². The Morgan fingerprint density at radius 3 is 2.75 bits per heavy atom. The van der Waals surface area contributed by atoms with Crippen molar-refractivity contribution in [1.82, 2.24) is 10.4 Å². The maximum absolute atomic E-state index is 14.5. The number of nitrogens with zero attached hydrogens (tertiary/aromatic N) is 1. The Hall–Kier alpha value is -1.46. The Morgan fingerprint density at radius 1 is 1.33 bits per heavy atom. The lowest BCUT2D eigenvalue weighted by Gasteiger charge is -2.42. The van der Waals surface area contributed by atoms with E-state index >= 15 is 0 Å². The molecule has 0 bridgehead atoms. The van der Waals surface area contributed by atoms with Crippen molar-refractivity contribution < 1.29 is 14.4 Å². The molecule has 0 saturated heterocycles. The number of carbonyl (C=O) groups excluding carboxylic acids is 1. The molecule has 1 fully saturated rings. The minimum Gasteiger partial charge on any atom is -0.298 e. The van der Waals surface area contributed by atoms with Gasteiger partial charge in [-0.2, -0.15) is 0 Å². The van der Waals surface area contributed by atoms with E-state index in [1.807, 2.05) is 0 Å². The highest BCUT2D eigenvalue weighted by Crippen LogP contribution is 2.40. The third kappa shape index (κ3) is 3.47. The second kappa shape index (κ2) is 7.19. The molecule has 1 aromatic rings. The van der Waals surface area contributed by atoms with Crippen molar-refractivity contribution in [3.8, 4) is 0 Å². The van der Waals surface area contributed by atoms with Crippen LogP contribution < -0.4 is 5.48 Å². The summed E-state index contributed by atoms with van der Waals surface area (Å²) in [6, 6.07) is 2.93. The highest BCUT2D eigenvalue weighted by Gasteiger charge is 2.33. The lowest BCUT2D eigenvalue weighted by Crippen LogP contribution is -2.41. The van der Waals surface area contributed by atoms with Crippen molar-refractivity contribution in [3.63, 3.8) is 0 Å². The number of carbonyl (C=O) groups is 1. The van der Waals surface area contributed by atoms with Crippen molar-refractivity contribution in [1.29, 1.82) is 0 Å². The molecule has 132 valence electrons. The second-order valence-electron chi connectivity index (χ2n) is 7.41. The molecule has 1 amide bonds. The van der Waals surface area contributed by atoms with Gasteiger partial charge in [0.2, 0.25) is 0 Å². The summed E-state index contributed by atoms with van der Waals surface area (Å²) in [6.07, 6.45) is 8.47. The molecule has 0 atom stereocenters. The summed E-state index contributed by atoms with van der Waals surface area (Å²) < 4.78 is 14.5. The molecule has 1 aliphatic carbocycles. The number of fused-ring (bicyclic) bond motifs is 1. The number of nitrogens with one attached hydrogen (secondary N) is 1. The Morgan fingerprint density at radius 2 is 2.08 bits per heavy atom. The van der Waals surface area contributed by atoms with Gasteiger partial charge in [0.05, 0.1) is 0 Å². The van der Waals surface area contributed by atoms with Crippen molar-refractivity contribution in [2.45, 2.75) is 58.4 Å². The normalized spacial score (nSPS) is 20.5. The van der Waals surface area contributed by atoms with Gasteiger partial charge in [0, 0.05) is 30.8 Å². The standard InChI is InChI=1S/C19H27FN2O2/c1-2-19(7-4-3-5-8-19)13-22-9-6-14-10-15(18(23)21-24)11-17(20)16(14)12-22/h10-11,24H,2-9,12-13H2,1H3,(H,21,23). The smallest absolute Gasteiger partial charge is 0.274 e. The maximum Gasteiger partial charge on any atom is 0.274 e. The predicted octanol–water partition coefficient (Wildman–Crippen LogP) is 3.66. The van der Waals surface area contributed by atoms with Crippen LogP contribution in [-0.4, -0.2) is 29.1 Å². The molecule has 1 aromatic carbocycles. The van der Waals surface area contributed by atoms with E-state index in [1.165, 1.54) is 44.6 Å². The number of halogens is 1. The van der Waals surface area contributed by atoms with Gasteiger partial charge in [0.1, 0.15) is 5.82 Å². The van der Waals surface area contributed by atoms with Crippen LogP contribution in [0, 0.1) is 11.2 Å². The van der Waals surface area contributed by atoms with Crippen LogP contribution in [0.25, 0.3) is 0 Å². The number of amides is 1. The van der Waals surface area contributed by atoms with Crippen molar-refractivity contribution >= 4 is 5.91 Å². The number of rotatable bonds is 4. The van der Waals surface area contributed by atoms with Crippen LogP contribution in [0.3, 0.4) is 0 Å². The lowest BCUT2D eigenvalue weighted by molar-refractivity contribution is 0.0705. The summed E-state index contributed by atoms with van der Waals surface area (Å²) in [5, 5.41) is 8.73. The van der Waals surface area contributed by atoms with Gasteiger partial charge in [-0.1, -0.05) is 26.2 Å². The first-order valence-electron chi connectivity index (χ1n) is 9.05. The minimum atomic E-state index is -0.661. The first-order valence-corrected chi connectivity index (χ1v) is 9.05. The SMILES string of the molecule is CCC1(CN2CCc3cc(C(=O)NO)cc(F)c3C2)CCCCC1. The fourth-order valence-electron chi connectivity index (χ4n) is 4.41. The molecule has 24 heavy (non-hydrogen) atoms. The van der Waals surface area contributed by atoms with Gasteiger partial charge >= 0.3 is 0 Å². The van der Waals surface area contributed by atoms with E-state index in [-0.39, 0.29) is 11.4 Å². The van der Waals surface area contributed by atoms with E-state index in [9.17, 15) is 9.18 Å². The third-order valence-electron chi connectivity index (χ3n) is 5.95. The van der Waals surface area contributed by atoms with E-state index in [1.54, 1.807) is 11.5 Å². The number of hydrogen-bond acceptors (Lipinski definition) is 3. The second-order valence-corrected chi connectivity index (χ2v) is 7.41. The molecule has 1 saturated carbocycles. The fourth-order valence-corrected chi connectivity index (χ4v) is 4.41. The Balaban J connectivity index is 1.75. The van der Waals surface area contributed by atoms with E-state index in [0.29, 0.717) is 17.5 Å². The fraction of sp³-hybridized carbons (Fsp3) is 0.632. The van der Waals surface area contributed by atoms with Crippen LogP contribution in [0.5, 0.6) is 0 Å². The Kier molecular flexibility index (Phi) is 5.21. The Labute approximate surface area is 143 Å². The molecular formula is C19H27FN2O2. The first-order chi connectivity index (χ1) is 11.6. The van der Waals surface area contributed by atoms with Gasteiger partial charge in [-0.05, 0) is 48.8 Å². The van der Waals surface area contributed by atoms with Gasteiger partial charge in [-0.15, -0.1) is 0 Å². The molecule has 0 spiro atoms. The third-order valence-corrected chi connectivity index (χ3v) is 5.95. The quantitative estimate of drug-likeness (QED) is 0.652. The monoisotopic (exact) mass is 334 g/mol. The Bertz CT molecular complexity index is 612. The predicted molar refractivity (Wildman–Crippen MR) is 90.4 cm³/mol. The minimum absolute atomic E-state index is 0.180. The van der Waals surface area contributed by atoms with Crippen LogP contribution in [0.2, 0.25) is 0 Å². The summed E-state index contributed by atoms with van der Waals surface area (Å²) in [5.41, 5.74) is 3.74. The molecule has 3 rings (SSSR count). The van der Waals surface area contributed by atoms with E-state index in [2.05, 4.69) is 11.8 Å². The van der Waals surface area contributed by atoms with E-state index in [4.69, 9.17) is 5.21 Å².